The van der Waals surface area contributed by atoms with Crippen LogP contribution in [-0.4, -0.2) is 60.2 Å². The van der Waals surface area contributed by atoms with Crippen molar-refractivity contribution >= 4 is 11.9 Å². The van der Waals surface area contributed by atoms with Gasteiger partial charge in [-0.05, 0) is 26.9 Å². The molecule has 1 rings (SSSR count). The minimum absolute atomic E-state index is 0.256. The van der Waals surface area contributed by atoms with Crippen LogP contribution >= 0.6 is 0 Å². The molecule has 1 unspecified atom stereocenters. The zero-order chi connectivity index (χ0) is 15.1. The zero-order valence-electron chi connectivity index (χ0n) is 13.3. The van der Waals surface area contributed by atoms with E-state index in [-0.39, 0.29) is 6.04 Å². The van der Waals surface area contributed by atoms with Gasteiger partial charge in [0.2, 0.25) is 11.9 Å². The molecule has 1 aromatic rings. The summed E-state index contributed by atoms with van der Waals surface area (Å²) in [6, 6.07) is 0.591. The Bertz CT molecular complexity index is 410. The van der Waals surface area contributed by atoms with Crippen LogP contribution in [0.25, 0.3) is 0 Å². The van der Waals surface area contributed by atoms with Crippen LogP contribution in [0.5, 0.6) is 6.01 Å². The summed E-state index contributed by atoms with van der Waals surface area (Å²) in [7, 11) is 5.87. The maximum Gasteiger partial charge on any atom is 0.323 e. The third-order valence-electron chi connectivity index (χ3n) is 2.79. The van der Waals surface area contributed by atoms with Crippen molar-refractivity contribution in [3.8, 4) is 6.01 Å². The first-order valence-corrected chi connectivity index (χ1v) is 6.94. The molecule has 2 N–H and O–H groups in total. The normalized spacial score (nSPS) is 12.6. The van der Waals surface area contributed by atoms with Crippen LogP contribution in [0.3, 0.4) is 0 Å². The van der Waals surface area contributed by atoms with Crippen molar-refractivity contribution in [3.63, 3.8) is 0 Å². The molecular formula is C13H26N6O. The van der Waals surface area contributed by atoms with Gasteiger partial charge < -0.3 is 20.3 Å². The molecule has 0 aliphatic carbocycles. The number of likely N-dealkylation sites (N-methyl/N-ethyl adjacent to an activating group) is 1. The monoisotopic (exact) mass is 282 g/mol. The molecule has 7 nitrogen and oxygen atoms in total. The van der Waals surface area contributed by atoms with Crippen molar-refractivity contribution in [2.75, 3.05) is 44.9 Å². The van der Waals surface area contributed by atoms with E-state index in [2.05, 4.69) is 58.4 Å². The first kappa shape index (κ1) is 16.4. The molecule has 0 saturated heterocycles. The quantitative estimate of drug-likeness (QED) is 0.744. The lowest BCUT2D eigenvalue weighted by Gasteiger charge is -2.25. The summed E-state index contributed by atoms with van der Waals surface area (Å²) in [5.74, 6) is 1.49. The van der Waals surface area contributed by atoms with Gasteiger partial charge >= 0.3 is 6.01 Å². The summed E-state index contributed by atoms with van der Waals surface area (Å²) in [6.45, 7) is 7.68. The van der Waals surface area contributed by atoms with Crippen LogP contribution in [0.4, 0.5) is 11.9 Å². The van der Waals surface area contributed by atoms with Crippen molar-refractivity contribution in [2.24, 2.45) is 5.92 Å². The Balaban J connectivity index is 2.90. The van der Waals surface area contributed by atoms with Gasteiger partial charge in [0, 0.05) is 19.6 Å². The molecule has 1 heterocycles. The average molecular weight is 282 g/mol. The topological polar surface area (TPSA) is 75.2 Å². The Hall–Kier alpha value is -1.63. The standard InChI is InChI=1S/C13H26N6O/c1-7-20-13-17-11(14-4)16-12(18-13)15-10(9(2)3)8-19(5)6/h9-10H,7-8H2,1-6H3,(H2,14,15,16,17,18). The van der Waals surface area contributed by atoms with Crippen LogP contribution in [-0.2, 0) is 0 Å². The highest BCUT2D eigenvalue weighted by Crippen LogP contribution is 2.14. The van der Waals surface area contributed by atoms with Gasteiger partial charge in [-0.3, -0.25) is 0 Å². The Labute approximate surface area is 121 Å². The van der Waals surface area contributed by atoms with E-state index in [1.54, 1.807) is 7.05 Å². The number of aromatic nitrogens is 3. The SMILES string of the molecule is CCOc1nc(NC)nc(NC(CN(C)C)C(C)C)n1. The molecule has 1 aromatic heterocycles. The Morgan fingerprint density at radius 3 is 2.30 bits per heavy atom. The summed E-state index contributed by atoms with van der Waals surface area (Å²) >= 11 is 0. The van der Waals surface area contributed by atoms with E-state index < -0.39 is 0 Å². The second-order valence-corrected chi connectivity index (χ2v) is 5.21. The molecule has 0 fully saturated rings. The highest BCUT2D eigenvalue weighted by atomic mass is 16.5. The second-order valence-electron chi connectivity index (χ2n) is 5.21. The van der Waals surface area contributed by atoms with Gasteiger partial charge in [0.05, 0.1) is 6.61 Å². The van der Waals surface area contributed by atoms with Gasteiger partial charge in [-0.25, -0.2) is 0 Å². The molecule has 0 aliphatic rings. The molecule has 0 amide bonds. The van der Waals surface area contributed by atoms with E-state index in [9.17, 15) is 0 Å². The van der Waals surface area contributed by atoms with E-state index in [1.165, 1.54) is 0 Å². The van der Waals surface area contributed by atoms with Crippen molar-refractivity contribution < 1.29 is 4.74 Å². The molecule has 0 radical (unpaired) electrons. The average Bonchev–Trinajstić information content (AvgIpc) is 2.37. The van der Waals surface area contributed by atoms with E-state index in [1.807, 2.05) is 6.92 Å². The third kappa shape index (κ3) is 5.16. The van der Waals surface area contributed by atoms with Crippen LogP contribution in [0.2, 0.25) is 0 Å². The van der Waals surface area contributed by atoms with Crippen LogP contribution < -0.4 is 15.4 Å². The largest absolute Gasteiger partial charge is 0.464 e. The van der Waals surface area contributed by atoms with Crippen molar-refractivity contribution in [2.45, 2.75) is 26.8 Å². The van der Waals surface area contributed by atoms with E-state index >= 15 is 0 Å². The first-order chi connectivity index (χ1) is 9.46. The molecule has 0 aromatic carbocycles. The van der Waals surface area contributed by atoms with Crippen LogP contribution in [0, 0.1) is 5.92 Å². The number of hydrogen-bond donors (Lipinski definition) is 2. The number of hydrogen-bond acceptors (Lipinski definition) is 7. The highest BCUT2D eigenvalue weighted by Gasteiger charge is 2.16. The summed E-state index contributed by atoms with van der Waals surface area (Å²) in [5, 5.41) is 6.28. The van der Waals surface area contributed by atoms with Gasteiger partial charge in [-0.1, -0.05) is 13.8 Å². The Morgan fingerprint density at radius 1 is 1.15 bits per heavy atom. The van der Waals surface area contributed by atoms with Gasteiger partial charge in [-0.2, -0.15) is 15.0 Å². The Kier molecular flexibility index (Phi) is 6.44. The number of anilines is 2. The van der Waals surface area contributed by atoms with Crippen LogP contribution in [0.15, 0.2) is 0 Å². The lowest BCUT2D eigenvalue weighted by Crippen LogP contribution is -2.37. The van der Waals surface area contributed by atoms with Gasteiger partial charge in [0.25, 0.3) is 0 Å². The number of ether oxygens (including phenoxy) is 1. The van der Waals surface area contributed by atoms with E-state index in [0.717, 1.165) is 6.54 Å². The molecule has 0 saturated carbocycles. The highest BCUT2D eigenvalue weighted by molar-refractivity contribution is 5.36. The van der Waals surface area contributed by atoms with E-state index in [0.29, 0.717) is 30.4 Å². The number of nitrogens with one attached hydrogen (secondary N) is 2. The predicted molar refractivity (Wildman–Crippen MR) is 81.3 cm³/mol. The minimum Gasteiger partial charge on any atom is -0.464 e. The molecule has 0 bridgehead atoms. The molecule has 114 valence electrons. The zero-order valence-corrected chi connectivity index (χ0v) is 13.3. The lowest BCUT2D eigenvalue weighted by molar-refractivity contribution is 0.311. The number of nitrogens with zero attached hydrogens (tertiary/aromatic N) is 4. The molecular weight excluding hydrogens is 256 g/mol. The fourth-order valence-electron chi connectivity index (χ4n) is 1.71. The molecule has 1 atom stereocenters. The smallest absolute Gasteiger partial charge is 0.323 e. The third-order valence-corrected chi connectivity index (χ3v) is 2.79. The van der Waals surface area contributed by atoms with Crippen LogP contribution in [0.1, 0.15) is 20.8 Å². The molecule has 7 heteroatoms. The Morgan fingerprint density at radius 2 is 1.80 bits per heavy atom. The summed E-state index contributed by atoms with van der Waals surface area (Å²) < 4.78 is 5.36. The van der Waals surface area contributed by atoms with Crippen molar-refractivity contribution in [1.29, 1.82) is 0 Å². The minimum atomic E-state index is 0.256. The molecule has 20 heavy (non-hydrogen) atoms. The summed E-state index contributed by atoms with van der Waals surface area (Å²) in [6.07, 6.45) is 0. The maximum absolute atomic E-state index is 5.36. The number of rotatable bonds is 8. The predicted octanol–water partition coefficient (Wildman–Crippen LogP) is 1.31. The van der Waals surface area contributed by atoms with Crippen molar-refractivity contribution in [1.82, 2.24) is 19.9 Å². The van der Waals surface area contributed by atoms with Gasteiger partial charge in [-0.15, -0.1) is 0 Å². The maximum atomic E-state index is 5.36. The van der Waals surface area contributed by atoms with E-state index in [4.69, 9.17) is 4.74 Å². The summed E-state index contributed by atoms with van der Waals surface area (Å²) in [4.78, 5) is 14.9. The lowest BCUT2D eigenvalue weighted by atomic mass is 10.0. The molecule has 0 spiro atoms. The molecule has 0 aliphatic heterocycles. The van der Waals surface area contributed by atoms with Gasteiger partial charge in [0.15, 0.2) is 0 Å². The summed E-state index contributed by atoms with van der Waals surface area (Å²) in [5.41, 5.74) is 0. The van der Waals surface area contributed by atoms with Crippen molar-refractivity contribution in [3.05, 3.63) is 0 Å². The van der Waals surface area contributed by atoms with Gasteiger partial charge in [0.1, 0.15) is 0 Å². The fourth-order valence-corrected chi connectivity index (χ4v) is 1.71. The second kappa shape index (κ2) is 7.84. The fraction of sp³-hybridized carbons (Fsp3) is 0.769. The first-order valence-electron chi connectivity index (χ1n) is 6.94.